The molecular formula is C27H38N2O2. The maximum Gasteiger partial charge on any atom is 0.142 e. The van der Waals surface area contributed by atoms with Crippen molar-refractivity contribution in [1.29, 1.82) is 0 Å². The summed E-state index contributed by atoms with van der Waals surface area (Å²) in [5, 5.41) is 0. The standard InChI is InChI=1S/C27H38N2O2/c1-6-8-10-14-30-24-12-11-19(15-22(24)28)27(5)18-26(3,4)20-16-23(29)25(17-21(20)27)31-13-9-7-2/h6,11-12,15-17H,1,7-10,13-14,18,28-29H2,2-5H3. The summed E-state index contributed by atoms with van der Waals surface area (Å²) in [5.41, 5.74) is 17.8. The van der Waals surface area contributed by atoms with Crippen LogP contribution in [0.15, 0.2) is 43.0 Å². The van der Waals surface area contributed by atoms with E-state index in [9.17, 15) is 0 Å². The average Bonchev–Trinajstić information content (AvgIpc) is 2.92. The number of rotatable bonds is 10. The zero-order valence-electron chi connectivity index (χ0n) is 19.6. The van der Waals surface area contributed by atoms with Crippen LogP contribution in [0.2, 0.25) is 0 Å². The molecule has 2 aromatic rings. The summed E-state index contributed by atoms with van der Waals surface area (Å²) in [6.07, 6.45) is 6.87. The Balaban J connectivity index is 1.94. The molecule has 1 aliphatic carbocycles. The Morgan fingerprint density at radius 1 is 0.935 bits per heavy atom. The number of unbranched alkanes of at least 4 members (excludes halogenated alkanes) is 2. The van der Waals surface area contributed by atoms with E-state index in [0.717, 1.165) is 49.3 Å². The Morgan fingerprint density at radius 2 is 1.61 bits per heavy atom. The SMILES string of the molecule is C=CCCCOc1ccc(C2(C)CC(C)(C)c3cc(N)c(OCCCC)cc32)cc1N. The molecule has 0 saturated carbocycles. The summed E-state index contributed by atoms with van der Waals surface area (Å²) in [6.45, 7) is 14.1. The highest BCUT2D eigenvalue weighted by Crippen LogP contribution is 2.55. The van der Waals surface area contributed by atoms with Crippen molar-refractivity contribution in [2.24, 2.45) is 0 Å². The molecule has 0 fully saturated rings. The Kier molecular flexibility index (Phi) is 6.88. The molecule has 2 aromatic carbocycles. The first-order valence-electron chi connectivity index (χ1n) is 11.4. The van der Waals surface area contributed by atoms with Gasteiger partial charge in [-0.25, -0.2) is 0 Å². The Bertz CT molecular complexity index is 935. The molecule has 168 valence electrons. The largest absolute Gasteiger partial charge is 0.491 e. The third-order valence-electron chi connectivity index (χ3n) is 6.48. The van der Waals surface area contributed by atoms with Gasteiger partial charge in [-0.05, 0) is 72.1 Å². The van der Waals surface area contributed by atoms with Crippen LogP contribution in [0.4, 0.5) is 11.4 Å². The van der Waals surface area contributed by atoms with E-state index in [0.29, 0.717) is 18.9 Å². The fraction of sp³-hybridized carbons (Fsp3) is 0.481. The molecule has 0 saturated heterocycles. The van der Waals surface area contributed by atoms with E-state index in [-0.39, 0.29) is 10.8 Å². The molecule has 4 heteroatoms. The van der Waals surface area contributed by atoms with Gasteiger partial charge in [-0.3, -0.25) is 0 Å². The molecule has 31 heavy (non-hydrogen) atoms. The lowest BCUT2D eigenvalue weighted by atomic mass is 9.75. The molecule has 4 nitrogen and oxygen atoms in total. The highest BCUT2D eigenvalue weighted by atomic mass is 16.5. The van der Waals surface area contributed by atoms with E-state index in [1.165, 1.54) is 16.7 Å². The number of anilines is 2. The van der Waals surface area contributed by atoms with Gasteiger partial charge in [-0.15, -0.1) is 6.58 Å². The minimum atomic E-state index is -0.176. The van der Waals surface area contributed by atoms with Crippen molar-refractivity contribution in [3.63, 3.8) is 0 Å². The molecular weight excluding hydrogens is 384 g/mol. The van der Waals surface area contributed by atoms with Gasteiger partial charge in [0.2, 0.25) is 0 Å². The monoisotopic (exact) mass is 422 g/mol. The molecule has 1 atom stereocenters. The molecule has 0 amide bonds. The van der Waals surface area contributed by atoms with E-state index in [2.05, 4.69) is 58.5 Å². The molecule has 4 N–H and O–H groups in total. The summed E-state index contributed by atoms with van der Waals surface area (Å²) < 4.78 is 11.9. The van der Waals surface area contributed by atoms with Crippen LogP contribution in [0, 0.1) is 0 Å². The average molecular weight is 423 g/mol. The minimum Gasteiger partial charge on any atom is -0.491 e. The predicted molar refractivity (Wildman–Crippen MR) is 131 cm³/mol. The summed E-state index contributed by atoms with van der Waals surface area (Å²) >= 11 is 0. The maximum absolute atomic E-state index is 6.40. The highest BCUT2D eigenvalue weighted by Gasteiger charge is 2.46. The molecule has 3 rings (SSSR count). The van der Waals surface area contributed by atoms with Crippen LogP contribution in [-0.4, -0.2) is 13.2 Å². The van der Waals surface area contributed by atoms with Crippen LogP contribution >= 0.6 is 0 Å². The number of nitrogens with two attached hydrogens (primary N) is 2. The topological polar surface area (TPSA) is 70.5 Å². The summed E-state index contributed by atoms with van der Waals surface area (Å²) in [4.78, 5) is 0. The van der Waals surface area contributed by atoms with Crippen LogP contribution in [0.25, 0.3) is 0 Å². The molecule has 0 radical (unpaired) electrons. The molecule has 0 spiro atoms. The van der Waals surface area contributed by atoms with Gasteiger partial charge < -0.3 is 20.9 Å². The van der Waals surface area contributed by atoms with E-state index in [1.807, 2.05) is 12.1 Å². The van der Waals surface area contributed by atoms with Gasteiger partial charge >= 0.3 is 0 Å². The summed E-state index contributed by atoms with van der Waals surface area (Å²) in [5.74, 6) is 1.53. The van der Waals surface area contributed by atoms with Crippen LogP contribution in [0.5, 0.6) is 11.5 Å². The fourth-order valence-electron chi connectivity index (χ4n) is 4.83. The van der Waals surface area contributed by atoms with Crippen molar-refractivity contribution in [2.75, 3.05) is 24.7 Å². The van der Waals surface area contributed by atoms with Gasteiger partial charge in [-0.1, -0.05) is 46.3 Å². The van der Waals surface area contributed by atoms with Crippen molar-refractivity contribution >= 4 is 11.4 Å². The van der Waals surface area contributed by atoms with E-state index in [1.54, 1.807) is 0 Å². The molecule has 0 bridgehead atoms. The first-order chi connectivity index (χ1) is 14.7. The zero-order chi connectivity index (χ0) is 22.6. The van der Waals surface area contributed by atoms with Gasteiger partial charge in [0.1, 0.15) is 11.5 Å². The predicted octanol–water partition coefficient (Wildman–Crippen LogP) is 6.36. The van der Waals surface area contributed by atoms with Crippen LogP contribution < -0.4 is 20.9 Å². The van der Waals surface area contributed by atoms with Crippen molar-refractivity contribution in [3.8, 4) is 11.5 Å². The third kappa shape index (κ3) is 4.68. The second kappa shape index (κ2) is 9.25. The summed E-state index contributed by atoms with van der Waals surface area (Å²) in [6, 6.07) is 10.5. The fourth-order valence-corrected chi connectivity index (χ4v) is 4.83. The molecule has 0 aliphatic heterocycles. The minimum absolute atomic E-state index is 0.00870. The second-order valence-electron chi connectivity index (χ2n) is 9.56. The first-order valence-corrected chi connectivity index (χ1v) is 11.4. The quantitative estimate of drug-likeness (QED) is 0.265. The second-order valence-corrected chi connectivity index (χ2v) is 9.56. The zero-order valence-corrected chi connectivity index (χ0v) is 19.6. The Morgan fingerprint density at radius 3 is 2.29 bits per heavy atom. The molecule has 1 aliphatic rings. The normalized spacial score (nSPS) is 19.1. The highest BCUT2D eigenvalue weighted by molar-refractivity contribution is 5.65. The molecule has 1 unspecified atom stereocenters. The number of nitrogen functional groups attached to an aromatic ring is 2. The smallest absolute Gasteiger partial charge is 0.142 e. The van der Waals surface area contributed by atoms with Gasteiger partial charge in [0.25, 0.3) is 0 Å². The van der Waals surface area contributed by atoms with Crippen molar-refractivity contribution in [1.82, 2.24) is 0 Å². The van der Waals surface area contributed by atoms with Gasteiger partial charge in [0.15, 0.2) is 0 Å². The van der Waals surface area contributed by atoms with Gasteiger partial charge in [0.05, 0.1) is 24.6 Å². The van der Waals surface area contributed by atoms with Crippen LogP contribution in [-0.2, 0) is 10.8 Å². The van der Waals surface area contributed by atoms with E-state index in [4.69, 9.17) is 20.9 Å². The number of hydrogen-bond donors (Lipinski definition) is 2. The number of hydrogen-bond acceptors (Lipinski definition) is 4. The van der Waals surface area contributed by atoms with E-state index < -0.39 is 0 Å². The lowest BCUT2D eigenvalue weighted by Crippen LogP contribution is -2.23. The number of benzene rings is 2. The van der Waals surface area contributed by atoms with Gasteiger partial charge in [-0.2, -0.15) is 0 Å². The van der Waals surface area contributed by atoms with E-state index >= 15 is 0 Å². The van der Waals surface area contributed by atoms with Crippen LogP contribution in [0.3, 0.4) is 0 Å². The lowest BCUT2D eigenvalue weighted by Gasteiger charge is -2.29. The number of allylic oxidation sites excluding steroid dienone is 1. The van der Waals surface area contributed by atoms with Crippen molar-refractivity contribution < 1.29 is 9.47 Å². The third-order valence-corrected chi connectivity index (χ3v) is 6.48. The van der Waals surface area contributed by atoms with Gasteiger partial charge in [0, 0.05) is 5.41 Å². The Labute approximate surface area is 187 Å². The number of fused-ring (bicyclic) bond motifs is 1. The summed E-state index contributed by atoms with van der Waals surface area (Å²) in [7, 11) is 0. The number of ether oxygens (including phenoxy) is 2. The molecule has 0 heterocycles. The lowest BCUT2D eigenvalue weighted by molar-refractivity contribution is 0.310. The van der Waals surface area contributed by atoms with Crippen molar-refractivity contribution in [2.45, 2.75) is 70.6 Å². The molecule has 0 aromatic heterocycles. The first kappa shape index (κ1) is 23.1. The van der Waals surface area contributed by atoms with Crippen molar-refractivity contribution in [3.05, 3.63) is 59.7 Å². The van der Waals surface area contributed by atoms with Crippen LogP contribution in [0.1, 0.15) is 76.5 Å². The Hall–Kier alpha value is -2.62. The maximum atomic E-state index is 6.40.